The lowest BCUT2D eigenvalue weighted by atomic mass is 10.1. The summed E-state index contributed by atoms with van der Waals surface area (Å²) in [5, 5.41) is 12.9. The molecule has 3 aromatic carbocycles. The molecule has 0 spiro atoms. The first-order valence-electron chi connectivity index (χ1n) is 11.8. The maximum absolute atomic E-state index is 13.9. The molecule has 0 saturated carbocycles. The molecule has 0 radical (unpaired) electrons. The van der Waals surface area contributed by atoms with E-state index in [-0.39, 0.29) is 15.8 Å². The van der Waals surface area contributed by atoms with E-state index in [1.54, 1.807) is 50.6 Å². The van der Waals surface area contributed by atoms with Crippen molar-refractivity contribution in [1.82, 2.24) is 4.57 Å². The zero-order chi connectivity index (χ0) is 27.4. The van der Waals surface area contributed by atoms with E-state index in [2.05, 4.69) is 5.32 Å². The monoisotopic (exact) mass is 525 g/mol. The van der Waals surface area contributed by atoms with Crippen LogP contribution in [0, 0.1) is 32.1 Å². The van der Waals surface area contributed by atoms with Gasteiger partial charge >= 0.3 is 0 Å². The minimum absolute atomic E-state index is 0.160. The second kappa shape index (κ2) is 11.2. The van der Waals surface area contributed by atoms with Gasteiger partial charge in [-0.3, -0.25) is 14.2 Å². The molecule has 192 valence electrons. The second-order valence-corrected chi connectivity index (χ2v) is 9.74. The van der Waals surface area contributed by atoms with Gasteiger partial charge in [0.25, 0.3) is 11.5 Å². The number of nitrogens with one attached hydrogen (secondary N) is 1. The fourth-order valence-electron chi connectivity index (χ4n) is 4.11. The molecule has 0 fully saturated rings. The molecule has 1 heterocycles. The van der Waals surface area contributed by atoms with Gasteiger partial charge in [-0.1, -0.05) is 35.9 Å². The first-order valence-corrected chi connectivity index (χ1v) is 12.6. The summed E-state index contributed by atoms with van der Waals surface area (Å²) in [6.45, 7) is 5.72. The van der Waals surface area contributed by atoms with E-state index in [4.69, 9.17) is 9.47 Å². The van der Waals surface area contributed by atoms with Crippen molar-refractivity contribution >= 4 is 34.6 Å². The maximum Gasteiger partial charge on any atom is 0.273 e. The number of hydrogen-bond acceptors (Lipinski definition) is 6. The number of para-hydroxylation sites is 1. The molecular formula is C30H27N3O4S. The summed E-state index contributed by atoms with van der Waals surface area (Å²) in [4.78, 5) is 27.2. The molecule has 1 amide bonds. The van der Waals surface area contributed by atoms with Gasteiger partial charge in [0.2, 0.25) is 0 Å². The van der Waals surface area contributed by atoms with Crippen molar-refractivity contribution in [1.29, 1.82) is 5.26 Å². The highest BCUT2D eigenvalue weighted by Crippen LogP contribution is 2.24. The molecular weight excluding hydrogens is 498 g/mol. The first-order chi connectivity index (χ1) is 18.3. The third-order valence-corrected chi connectivity index (χ3v) is 7.18. The van der Waals surface area contributed by atoms with Gasteiger partial charge in [-0.15, -0.1) is 11.3 Å². The quantitative estimate of drug-likeness (QED) is 0.411. The number of benzene rings is 3. The molecule has 0 unspecified atom stereocenters. The van der Waals surface area contributed by atoms with Crippen LogP contribution in [0.3, 0.4) is 0 Å². The average molecular weight is 526 g/mol. The molecule has 1 N–H and O–H groups in total. The first kappa shape index (κ1) is 26.5. The molecule has 1 aromatic heterocycles. The highest BCUT2D eigenvalue weighted by Gasteiger charge is 2.19. The number of aromatic nitrogens is 1. The van der Waals surface area contributed by atoms with Gasteiger partial charge in [-0.25, -0.2) is 0 Å². The number of carbonyl (C=O) groups excluding carboxylic acids is 1. The van der Waals surface area contributed by atoms with E-state index < -0.39 is 5.91 Å². The minimum atomic E-state index is -0.591. The number of anilines is 1. The van der Waals surface area contributed by atoms with E-state index in [1.165, 1.54) is 4.57 Å². The predicted octanol–water partition coefficient (Wildman–Crippen LogP) is 3.98. The van der Waals surface area contributed by atoms with Crippen molar-refractivity contribution in [3.05, 3.63) is 102 Å². The van der Waals surface area contributed by atoms with Crippen LogP contribution in [0.2, 0.25) is 0 Å². The van der Waals surface area contributed by atoms with E-state index in [9.17, 15) is 14.9 Å². The molecule has 7 nitrogen and oxygen atoms in total. The molecule has 4 aromatic rings. The molecule has 0 aliphatic rings. The summed E-state index contributed by atoms with van der Waals surface area (Å²) < 4.78 is 12.8. The Kier molecular flexibility index (Phi) is 7.79. The SMILES string of the molecule is COc1ccc(OC)c(/C=c2\s/c(=C(/C#N)C(=O)Nc3ccccc3C)n(-c3ccc(C)cc3C)c2=O)c1. The van der Waals surface area contributed by atoms with Crippen molar-refractivity contribution in [3.63, 3.8) is 0 Å². The number of hydrogen-bond donors (Lipinski definition) is 1. The Morgan fingerprint density at radius 3 is 2.42 bits per heavy atom. The topological polar surface area (TPSA) is 93.3 Å². The van der Waals surface area contributed by atoms with Crippen LogP contribution in [0.4, 0.5) is 5.69 Å². The maximum atomic E-state index is 13.9. The lowest BCUT2D eigenvalue weighted by Gasteiger charge is -2.10. The zero-order valence-electron chi connectivity index (χ0n) is 21.8. The van der Waals surface area contributed by atoms with Crippen LogP contribution in [0.25, 0.3) is 17.3 Å². The minimum Gasteiger partial charge on any atom is -0.497 e. The fourth-order valence-corrected chi connectivity index (χ4v) is 5.20. The smallest absolute Gasteiger partial charge is 0.273 e. The van der Waals surface area contributed by atoms with Crippen LogP contribution in [0.5, 0.6) is 11.5 Å². The molecule has 4 rings (SSSR count). The van der Waals surface area contributed by atoms with E-state index in [0.717, 1.165) is 28.0 Å². The number of rotatable bonds is 6. The Morgan fingerprint density at radius 2 is 1.76 bits per heavy atom. The summed E-state index contributed by atoms with van der Waals surface area (Å²) in [5.41, 5.74) is 4.04. The van der Waals surface area contributed by atoms with Gasteiger partial charge in [-0.2, -0.15) is 5.26 Å². The van der Waals surface area contributed by atoms with Crippen molar-refractivity contribution in [3.8, 4) is 23.3 Å². The lowest BCUT2D eigenvalue weighted by Crippen LogP contribution is -2.32. The molecule has 38 heavy (non-hydrogen) atoms. The Labute approximate surface area is 224 Å². The summed E-state index contributed by atoms with van der Waals surface area (Å²) >= 11 is 1.08. The van der Waals surface area contributed by atoms with Crippen LogP contribution in [-0.4, -0.2) is 24.7 Å². The lowest BCUT2D eigenvalue weighted by molar-refractivity contribution is -0.111. The van der Waals surface area contributed by atoms with Crippen molar-refractivity contribution in [2.24, 2.45) is 0 Å². The Morgan fingerprint density at radius 1 is 1.00 bits per heavy atom. The van der Waals surface area contributed by atoms with Crippen LogP contribution in [-0.2, 0) is 4.79 Å². The number of thiazole rings is 1. The number of carbonyl (C=O) groups is 1. The summed E-state index contributed by atoms with van der Waals surface area (Å²) in [7, 11) is 3.10. The summed E-state index contributed by atoms with van der Waals surface area (Å²) in [6.07, 6.45) is 1.69. The standard InChI is InChI=1S/C30H27N3O4S/c1-18-10-12-25(20(3)14-18)33-29(35)27(16-21-15-22(36-4)11-13-26(21)37-5)38-30(33)23(17-31)28(34)32-24-9-7-6-8-19(24)2/h6-16H,1-5H3,(H,32,34)/b27-16-,30-23-. The van der Waals surface area contributed by atoms with Gasteiger partial charge in [0.1, 0.15) is 22.2 Å². The van der Waals surface area contributed by atoms with Gasteiger partial charge in [0.15, 0.2) is 5.57 Å². The number of nitrogens with zero attached hydrogens (tertiary/aromatic N) is 2. The van der Waals surface area contributed by atoms with Gasteiger partial charge in [0.05, 0.1) is 24.4 Å². The van der Waals surface area contributed by atoms with Crippen LogP contribution >= 0.6 is 11.3 Å². The van der Waals surface area contributed by atoms with E-state index >= 15 is 0 Å². The number of aryl methyl sites for hydroxylation is 3. The predicted molar refractivity (Wildman–Crippen MR) is 151 cm³/mol. The molecule has 0 atom stereocenters. The fraction of sp³-hybridized carbons (Fsp3) is 0.167. The second-order valence-electron chi connectivity index (χ2n) is 8.71. The molecule has 0 aliphatic heterocycles. The third-order valence-electron chi connectivity index (χ3n) is 6.09. The van der Waals surface area contributed by atoms with E-state index in [1.807, 2.05) is 57.2 Å². The van der Waals surface area contributed by atoms with Gasteiger partial charge in [0, 0.05) is 11.3 Å². The third kappa shape index (κ3) is 5.24. The molecule has 8 heteroatoms. The summed E-state index contributed by atoms with van der Waals surface area (Å²) in [5.74, 6) is 0.567. The zero-order valence-corrected chi connectivity index (χ0v) is 22.6. The Balaban J connectivity index is 2.04. The largest absolute Gasteiger partial charge is 0.497 e. The number of ether oxygens (including phenoxy) is 2. The molecule has 0 bridgehead atoms. The van der Waals surface area contributed by atoms with Crippen LogP contribution < -0.4 is 29.5 Å². The van der Waals surface area contributed by atoms with Gasteiger partial charge in [-0.05, 0) is 68.3 Å². The van der Waals surface area contributed by atoms with Crippen LogP contribution in [0.1, 0.15) is 22.3 Å². The number of nitriles is 1. The summed E-state index contributed by atoms with van der Waals surface area (Å²) in [6, 6.07) is 20.3. The number of amides is 1. The average Bonchev–Trinajstić information content (AvgIpc) is 3.21. The van der Waals surface area contributed by atoms with Crippen molar-refractivity contribution in [2.45, 2.75) is 20.8 Å². The van der Waals surface area contributed by atoms with Crippen LogP contribution in [0.15, 0.2) is 65.5 Å². The Hall–Kier alpha value is -4.61. The molecule has 0 aliphatic carbocycles. The molecule has 0 saturated heterocycles. The van der Waals surface area contributed by atoms with E-state index in [0.29, 0.717) is 33.0 Å². The van der Waals surface area contributed by atoms with Gasteiger partial charge < -0.3 is 14.8 Å². The normalized spacial score (nSPS) is 12.1. The number of methoxy groups -OCH3 is 2. The Bertz CT molecular complexity index is 1760. The highest BCUT2D eigenvalue weighted by molar-refractivity contribution is 7.07. The van der Waals surface area contributed by atoms with Crippen molar-refractivity contribution < 1.29 is 14.3 Å². The van der Waals surface area contributed by atoms with Crippen molar-refractivity contribution in [2.75, 3.05) is 19.5 Å². The highest BCUT2D eigenvalue weighted by atomic mass is 32.1.